The number of carbonyl (C=O) groups is 1. The Balaban J connectivity index is 2.30. The van der Waals surface area contributed by atoms with E-state index in [0.29, 0.717) is 11.1 Å². The molecule has 0 aliphatic heterocycles. The molecule has 0 radical (unpaired) electrons. The first-order chi connectivity index (χ1) is 8.85. The van der Waals surface area contributed by atoms with Gasteiger partial charge in [0.25, 0.3) is 0 Å². The first kappa shape index (κ1) is 13.2. The molecular weight excluding hydrogens is 242 g/mol. The number of benzene rings is 2. The average molecular weight is 259 g/mol. The van der Waals surface area contributed by atoms with Gasteiger partial charge in [-0.15, -0.1) is 0 Å². The molecule has 0 unspecified atom stereocenters. The van der Waals surface area contributed by atoms with E-state index in [1.807, 2.05) is 26.8 Å². The first-order valence-corrected chi connectivity index (χ1v) is 6.07. The van der Waals surface area contributed by atoms with E-state index in [1.165, 1.54) is 0 Å². The van der Waals surface area contributed by atoms with Gasteiger partial charge >= 0.3 is 6.09 Å². The van der Waals surface area contributed by atoms with Crippen LogP contribution < -0.4 is 10.1 Å². The Morgan fingerprint density at radius 3 is 2.63 bits per heavy atom. The van der Waals surface area contributed by atoms with Gasteiger partial charge in [-0.3, -0.25) is 0 Å². The van der Waals surface area contributed by atoms with Crippen molar-refractivity contribution in [2.45, 2.75) is 26.3 Å². The minimum atomic E-state index is -0.511. The smallest absolute Gasteiger partial charge is 0.413 e. The van der Waals surface area contributed by atoms with Crippen molar-refractivity contribution in [1.29, 1.82) is 0 Å². The normalized spacial score (nSPS) is 11.3. The van der Waals surface area contributed by atoms with Crippen LogP contribution in [0.4, 0.5) is 4.79 Å². The number of hydrogen-bond donors (Lipinski definition) is 2. The number of ether oxygens (including phenoxy) is 1. The summed E-state index contributed by atoms with van der Waals surface area (Å²) < 4.78 is 5.30. The zero-order valence-electron chi connectivity index (χ0n) is 11.2. The molecular formula is C15H17NO3. The van der Waals surface area contributed by atoms with E-state index in [0.717, 1.165) is 5.39 Å². The highest BCUT2D eigenvalue weighted by atomic mass is 16.6. The maximum atomic E-state index is 11.8. The van der Waals surface area contributed by atoms with Crippen LogP contribution in [0.3, 0.4) is 0 Å². The molecule has 0 aliphatic carbocycles. The zero-order valence-corrected chi connectivity index (χ0v) is 11.2. The quantitative estimate of drug-likeness (QED) is 0.824. The standard InChI is InChI=1S/C15H17NO3/c1-15(2,3)16-14(18)19-13-6-4-5-10-7-8-11(17)9-12(10)13/h4-9,17H,1-3H3,(H,16,18). The lowest BCUT2D eigenvalue weighted by Crippen LogP contribution is -2.42. The first-order valence-electron chi connectivity index (χ1n) is 6.07. The van der Waals surface area contributed by atoms with Crippen LogP contribution in [-0.2, 0) is 0 Å². The van der Waals surface area contributed by atoms with E-state index < -0.39 is 6.09 Å². The summed E-state index contributed by atoms with van der Waals surface area (Å²) in [6.07, 6.45) is -0.511. The molecule has 0 fully saturated rings. The lowest BCUT2D eigenvalue weighted by atomic mass is 10.1. The number of carbonyl (C=O) groups excluding carboxylic acids is 1. The van der Waals surface area contributed by atoms with Gasteiger partial charge in [0.15, 0.2) is 0 Å². The van der Waals surface area contributed by atoms with Crippen molar-refractivity contribution < 1.29 is 14.6 Å². The fourth-order valence-electron chi connectivity index (χ4n) is 1.75. The number of aromatic hydroxyl groups is 1. The van der Waals surface area contributed by atoms with Gasteiger partial charge in [-0.1, -0.05) is 18.2 Å². The molecule has 0 atom stereocenters. The van der Waals surface area contributed by atoms with Crippen LogP contribution in [0.15, 0.2) is 36.4 Å². The predicted octanol–water partition coefficient (Wildman–Crippen LogP) is 3.43. The lowest BCUT2D eigenvalue weighted by molar-refractivity contribution is 0.191. The van der Waals surface area contributed by atoms with Crippen molar-refractivity contribution in [3.63, 3.8) is 0 Å². The van der Waals surface area contributed by atoms with Crippen LogP contribution in [-0.4, -0.2) is 16.7 Å². The molecule has 2 rings (SSSR count). The molecule has 19 heavy (non-hydrogen) atoms. The van der Waals surface area contributed by atoms with Gasteiger partial charge in [-0.2, -0.15) is 0 Å². The minimum Gasteiger partial charge on any atom is -0.508 e. The van der Waals surface area contributed by atoms with Gasteiger partial charge in [0.05, 0.1) is 0 Å². The molecule has 0 saturated carbocycles. The number of phenolic OH excluding ortho intramolecular Hbond substituents is 1. The summed E-state index contributed by atoms with van der Waals surface area (Å²) in [5.74, 6) is 0.565. The fourth-order valence-corrected chi connectivity index (χ4v) is 1.75. The predicted molar refractivity (Wildman–Crippen MR) is 74.5 cm³/mol. The van der Waals surface area contributed by atoms with Crippen molar-refractivity contribution in [3.8, 4) is 11.5 Å². The van der Waals surface area contributed by atoms with E-state index in [1.54, 1.807) is 30.3 Å². The zero-order chi connectivity index (χ0) is 14.0. The fraction of sp³-hybridized carbons (Fsp3) is 0.267. The number of amides is 1. The summed E-state index contributed by atoms with van der Waals surface area (Å²) in [5.41, 5.74) is -0.357. The van der Waals surface area contributed by atoms with Crippen LogP contribution in [0.1, 0.15) is 20.8 Å². The number of nitrogens with one attached hydrogen (secondary N) is 1. The number of phenols is 1. The van der Waals surface area contributed by atoms with Crippen molar-refractivity contribution in [1.82, 2.24) is 5.32 Å². The minimum absolute atomic E-state index is 0.139. The number of hydrogen-bond acceptors (Lipinski definition) is 3. The molecule has 4 nitrogen and oxygen atoms in total. The second-order valence-corrected chi connectivity index (χ2v) is 5.43. The summed E-state index contributed by atoms with van der Waals surface area (Å²) in [5, 5.41) is 13.8. The van der Waals surface area contributed by atoms with Crippen LogP contribution in [0.2, 0.25) is 0 Å². The van der Waals surface area contributed by atoms with Gasteiger partial charge in [0.2, 0.25) is 0 Å². The number of rotatable bonds is 1. The van der Waals surface area contributed by atoms with Crippen LogP contribution in [0, 0.1) is 0 Å². The Kier molecular flexibility index (Phi) is 3.34. The molecule has 2 aromatic rings. The Labute approximate surface area is 112 Å². The maximum Gasteiger partial charge on any atom is 0.413 e. The van der Waals surface area contributed by atoms with Gasteiger partial charge in [0, 0.05) is 10.9 Å². The Morgan fingerprint density at radius 1 is 1.21 bits per heavy atom. The summed E-state index contributed by atoms with van der Waals surface area (Å²) in [4.78, 5) is 11.8. The highest BCUT2D eigenvalue weighted by Gasteiger charge is 2.16. The summed E-state index contributed by atoms with van der Waals surface area (Å²) in [6.45, 7) is 5.63. The summed E-state index contributed by atoms with van der Waals surface area (Å²) >= 11 is 0. The highest BCUT2D eigenvalue weighted by molar-refractivity contribution is 5.91. The molecule has 0 aliphatic rings. The average Bonchev–Trinajstić information content (AvgIpc) is 2.27. The molecule has 100 valence electrons. The van der Waals surface area contributed by atoms with Crippen molar-refractivity contribution in [2.24, 2.45) is 0 Å². The van der Waals surface area contributed by atoms with Gasteiger partial charge in [-0.25, -0.2) is 4.79 Å². The second-order valence-electron chi connectivity index (χ2n) is 5.43. The molecule has 0 aromatic heterocycles. The van der Waals surface area contributed by atoms with E-state index >= 15 is 0 Å². The van der Waals surface area contributed by atoms with E-state index in [9.17, 15) is 9.90 Å². The Bertz CT molecular complexity index is 614. The van der Waals surface area contributed by atoms with E-state index in [2.05, 4.69) is 5.32 Å². The SMILES string of the molecule is CC(C)(C)NC(=O)Oc1cccc2ccc(O)cc12. The molecule has 4 heteroatoms. The van der Waals surface area contributed by atoms with Gasteiger partial charge < -0.3 is 15.2 Å². The van der Waals surface area contributed by atoms with Crippen molar-refractivity contribution in [3.05, 3.63) is 36.4 Å². The molecule has 0 saturated heterocycles. The summed E-state index contributed by atoms with van der Waals surface area (Å²) in [7, 11) is 0. The highest BCUT2D eigenvalue weighted by Crippen LogP contribution is 2.28. The molecule has 0 heterocycles. The van der Waals surface area contributed by atoms with Gasteiger partial charge in [-0.05, 0) is 44.4 Å². The molecule has 0 bridgehead atoms. The van der Waals surface area contributed by atoms with Gasteiger partial charge in [0.1, 0.15) is 11.5 Å². The maximum absolute atomic E-state index is 11.8. The molecule has 1 amide bonds. The number of fused-ring (bicyclic) bond motifs is 1. The third-order valence-electron chi connectivity index (χ3n) is 2.51. The lowest BCUT2D eigenvalue weighted by Gasteiger charge is -2.20. The largest absolute Gasteiger partial charge is 0.508 e. The van der Waals surface area contributed by atoms with E-state index in [4.69, 9.17) is 4.74 Å². The van der Waals surface area contributed by atoms with Crippen LogP contribution in [0.25, 0.3) is 10.8 Å². The third-order valence-corrected chi connectivity index (χ3v) is 2.51. The molecule has 2 N–H and O–H groups in total. The summed E-state index contributed by atoms with van der Waals surface area (Å²) in [6, 6.07) is 10.3. The second kappa shape index (κ2) is 4.80. The van der Waals surface area contributed by atoms with Crippen molar-refractivity contribution >= 4 is 16.9 Å². The van der Waals surface area contributed by atoms with Crippen LogP contribution >= 0.6 is 0 Å². The van der Waals surface area contributed by atoms with E-state index in [-0.39, 0.29) is 11.3 Å². The Morgan fingerprint density at radius 2 is 1.95 bits per heavy atom. The Hall–Kier alpha value is -2.23. The molecule has 2 aromatic carbocycles. The molecule has 0 spiro atoms. The topological polar surface area (TPSA) is 58.6 Å². The van der Waals surface area contributed by atoms with Crippen molar-refractivity contribution in [2.75, 3.05) is 0 Å². The van der Waals surface area contributed by atoms with Crippen LogP contribution in [0.5, 0.6) is 11.5 Å². The monoisotopic (exact) mass is 259 g/mol. The third kappa shape index (κ3) is 3.37.